The largest absolute Gasteiger partial charge is 0.508 e. The van der Waals surface area contributed by atoms with Crippen LogP contribution in [0.3, 0.4) is 0 Å². The summed E-state index contributed by atoms with van der Waals surface area (Å²) in [6.45, 7) is 6.85. The van der Waals surface area contributed by atoms with Gasteiger partial charge in [-0.2, -0.15) is 0 Å². The van der Waals surface area contributed by atoms with Crippen molar-refractivity contribution >= 4 is 0 Å². The van der Waals surface area contributed by atoms with E-state index in [9.17, 15) is 5.11 Å². The summed E-state index contributed by atoms with van der Waals surface area (Å²) in [5.41, 5.74) is 3.89. The van der Waals surface area contributed by atoms with Crippen molar-refractivity contribution in [3.8, 4) is 11.5 Å². The Balaban J connectivity index is 0.000000290. The van der Waals surface area contributed by atoms with E-state index in [-0.39, 0.29) is 0 Å². The van der Waals surface area contributed by atoms with E-state index in [0.29, 0.717) is 18.1 Å². The SMILES string of the molecule is CC.CCC1CCc2c(COC)cc(O)cc2C1.Oc1ccccc1. The molecule has 0 spiro atoms. The molecule has 0 saturated heterocycles. The van der Waals surface area contributed by atoms with E-state index in [2.05, 4.69) is 6.92 Å². The second-order valence-electron chi connectivity index (χ2n) is 6.03. The van der Waals surface area contributed by atoms with Crippen molar-refractivity contribution in [3.63, 3.8) is 0 Å². The van der Waals surface area contributed by atoms with Gasteiger partial charge in [-0.1, -0.05) is 45.4 Å². The van der Waals surface area contributed by atoms with Gasteiger partial charge in [-0.15, -0.1) is 0 Å². The van der Waals surface area contributed by atoms with Gasteiger partial charge < -0.3 is 14.9 Å². The van der Waals surface area contributed by atoms with Crippen molar-refractivity contribution in [1.29, 1.82) is 0 Å². The van der Waals surface area contributed by atoms with Crippen LogP contribution in [0, 0.1) is 5.92 Å². The highest BCUT2D eigenvalue weighted by molar-refractivity contribution is 5.43. The third kappa shape index (κ3) is 6.79. The molecule has 25 heavy (non-hydrogen) atoms. The number of hydrogen-bond acceptors (Lipinski definition) is 3. The summed E-state index contributed by atoms with van der Waals surface area (Å²) in [5.74, 6) is 1.48. The van der Waals surface area contributed by atoms with Crippen molar-refractivity contribution in [3.05, 3.63) is 59.2 Å². The number of hydrogen-bond donors (Lipinski definition) is 2. The maximum absolute atomic E-state index is 9.70. The van der Waals surface area contributed by atoms with Gasteiger partial charge in [-0.25, -0.2) is 0 Å². The van der Waals surface area contributed by atoms with Gasteiger partial charge in [0, 0.05) is 7.11 Å². The Hall–Kier alpha value is -2.00. The second-order valence-corrected chi connectivity index (χ2v) is 6.03. The third-order valence-electron chi connectivity index (χ3n) is 4.36. The molecule has 2 aromatic rings. The fourth-order valence-electron chi connectivity index (χ4n) is 3.10. The first kappa shape index (κ1) is 21.0. The Morgan fingerprint density at radius 1 is 1.04 bits per heavy atom. The molecule has 2 aromatic carbocycles. The van der Waals surface area contributed by atoms with Crippen LogP contribution in [0.1, 0.15) is 50.3 Å². The quantitative estimate of drug-likeness (QED) is 0.776. The molecule has 1 unspecified atom stereocenters. The number of benzene rings is 2. The Labute approximate surface area is 152 Å². The molecule has 3 nitrogen and oxygen atoms in total. The zero-order chi connectivity index (χ0) is 18.7. The number of phenols is 2. The second kappa shape index (κ2) is 11.5. The lowest BCUT2D eigenvalue weighted by molar-refractivity contribution is 0.183. The lowest BCUT2D eigenvalue weighted by atomic mass is 9.80. The summed E-state index contributed by atoms with van der Waals surface area (Å²) in [4.78, 5) is 0. The molecule has 2 N–H and O–H groups in total. The molecule has 3 rings (SSSR count). The van der Waals surface area contributed by atoms with Crippen molar-refractivity contribution in [2.75, 3.05) is 7.11 Å². The van der Waals surface area contributed by atoms with Crippen molar-refractivity contribution in [2.45, 2.75) is 53.1 Å². The minimum Gasteiger partial charge on any atom is -0.508 e. The van der Waals surface area contributed by atoms with Crippen LogP contribution in [0.25, 0.3) is 0 Å². The minimum atomic E-state index is 0.322. The molecular formula is C22H32O3. The highest BCUT2D eigenvalue weighted by Gasteiger charge is 2.20. The summed E-state index contributed by atoms with van der Waals surface area (Å²) in [7, 11) is 1.70. The van der Waals surface area contributed by atoms with Crippen LogP contribution in [0.5, 0.6) is 11.5 Å². The zero-order valence-corrected chi connectivity index (χ0v) is 16.0. The maximum Gasteiger partial charge on any atom is 0.116 e. The van der Waals surface area contributed by atoms with Crippen LogP contribution in [-0.2, 0) is 24.2 Å². The average molecular weight is 344 g/mol. The van der Waals surface area contributed by atoms with E-state index in [4.69, 9.17) is 9.84 Å². The average Bonchev–Trinajstić information content (AvgIpc) is 2.64. The van der Waals surface area contributed by atoms with Gasteiger partial charge in [0.05, 0.1) is 6.61 Å². The number of ether oxygens (including phenoxy) is 1. The summed E-state index contributed by atoms with van der Waals surface area (Å²) >= 11 is 0. The Morgan fingerprint density at radius 3 is 2.24 bits per heavy atom. The molecule has 0 aromatic heterocycles. The van der Waals surface area contributed by atoms with Crippen molar-refractivity contribution in [1.82, 2.24) is 0 Å². The maximum atomic E-state index is 9.70. The van der Waals surface area contributed by atoms with Gasteiger partial charge >= 0.3 is 0 Å². The molecule has 138 valence electrons. The third-order valence-corrected chi connectivity index (χ3v) is 4.36. The van der Waals surface area contributed by atoms with E-state index in [1.54, 1.807) is 31.4 Å². The summed E-state index contributed by atoms with van der Waals surface area (Å²) in [5, 5.41) is 18.3. The number of methoxy groups -OCH3 is 1. The Morgan fingerprint density at radius 2 is 1.72 bits per heavy atom. The lowest BCUT2D eigenvalue weighted by Crippen LogP contribution is -2.15. The number of fused-ring (bicyclic) bond motifs is 1. The van der Waals surface area contributed by atoms with Gasteiger partial charge in [0.25, 0.3) is 0 Å². The molecule has 0 radical (unpaired) electrons. The Bertz CT molecular complexity index is 608. The summed E-state index contributed by atoms with van der Waals surface area (Å²) < 4.78 is 5.19. The van der Waals surface area contributed by atoms with Crippen LogP contribution in [0.4, 0.5) is 0 Å². The molecule has 1 aliphatic carbocycles. The van der Waals surface area contributed by atoms with Crippen molar-refractivity contribution < 1.29 is 14.9 Å². The standard InChI is InChI=1S/C14H20O2.C6H6O.C2H6/c1-3-10-4-5-14-11(6-10)7-13(15)8-12(14)9-16-2;7-6-4-2-1-3-5-6;1-2/h7-8,10,15H,3-6,9H2,1-2H3;1-5,7H;1-2H3. The fraction of sp³-hybridized carbons (Fsp3) is 0.455. The monoisotopic (exact) mass is 344 g/mol. The van der Waals surface area contributed by atoms with Crippen molar-refractivity contribution in [2.24, 2.45) is 5.92 Å². The predicted octanol–water partition coefficient (Wildman–Crippen LogP) is 5.47. The Kier molecular flexibility index (Phi) is 9.71. The molecule has 0 aliphatic heterocycles. The van der Waals surface area contributed by atoms with Gasteiger partial charge in [0.1, 0.15) is 11.5 Å². The summed E-state index contributed by atoms with van der Waals surface area (Å²) in [6, 6.07) is 12.5. The van der Waals surface area contributed by atoms with E-state index < -0.39 is 0 Å². The number of phenolic OH excluding ortho intramolecular Hbond substituents is 2. The lowest BCUT2D eigenvalue weighted by Gasteiger charge is -2.25. The van der Waals surface area contributed by atoms with E-state index in [1.165, 1.54) is 24.0 Å². The topological polar surface area (TPSA) is 49.7 Å². The van der Waals surface area contributed by atoms with Crippen LogP contribution in [0.15, 0.2) is 42.5 Å². The number of rotatable bonds is 3. The van der Waals surface area contributed by atoms with Crippen LogP contribution in [0.2, 0.25) is 0 Å². The van der Waals surface area contributed by atoms with E-state index in [0.717, 1.165) is 24.3 Å². The van der Waals surface area contributed by atoms with Gasteiger partial charge in [-0.05, 0) is 66.1 Å². The molecule has 1 aliphatic rings. The smallest absolute Gasteiger partial charge is 0.116 e. The normalized spacial score (nSPS) is 15.1. The first-order chi connectivity index (χ1) is 12.1. The molecule has 0 bridgehead atoms. The van der Waals surface area contributed by atoms with E-state index in [1.807, 2.05) is 32.0 Å². The predicted molar refractivity (Wildman–Crippen MR) is 104 cm³/mol. The zero-order valence-electron chi connectivity index (χ0n) is 16.0. The molecular weight excluding hydrogens is 312 g/mol. The summed E-state index contributed by atoms with van der Waals surface area (Å²) in [6.07, 6.45) is 4.74. The van der Waals surface area contributed by atoms with Crippen LogP contribution in [-0.4, -0.2) is 17.3 Å². The molecule has 1 atom stereocenters. The molecule has 0 amide bonds. The first-order valence-corrected chi connectivity index (χ1v) is 9.20. The highest BCUT2D eigenvalue weighted by Crippen LogP contribution is 2.32. The minimum absolute atomic E-state index is 0.322. The van der Waals surface area contributed by atoms with Gasteiger partial charge in [0.2, 0.25) is 0 Å². The molecule has 0 saturated carbocycles. The molecule has 0 heterocycles. The molecule has 0 fully saturated rings. The van der Waals surface area contributed by atoms with Gasteiger partial charge in [-0.3, -0.25) is 0 Å². The van der Waals surface area contributed by atoms with E-state index >= 15 is 0 Å². The van der Waals surface area contributed by atoms with Crippen LogP contribution < -0.4 is 0 Å². The highest BCUT2D eigenvalue weighted by atomic mass is 16.5. The number of para-hydroxylation sites is 1. The number of aromatic hydroxyl groups is 2. The van der Waals surface area contributed by atoms with Crippen LogP contribution >= 0.6 is 0 Å². The first-order valence-electron chi connectivity index (χ1n) is 9.20. The van der Waals surface area contributed by atoms with Gasteiger partial charge in [0.15, 0.2) is 0 Å². The molecule has 3 heteroatoms. The fourth-order valence-corrected chi connectivity index (χ4v) is 3.10.